The molecule has 0 fully saturated rings. The molecular formula is C43H42N8O9. The van der Waals surface area contributed by atoms with E-state index in [2.05, 4.69) is 26.1 Å². The Hall–Kier alpha value is -7.82. The fourth-order valence-electron chi connectivity index (χ4n) is 6.27. The van der Waals surface area contributed by atoms with Crippen LogP contribution in [0.25, 0.3) is 0 Å². The van der Waals surface area contributed by atoms with Gasteiger partial charge in [-0.3, -0.25) is 14.4 Å². The van der Waals surface area contributed by atoms with Crippen molar-refractivity contribution in [2.45, 2.75) is 38.0 Å². The topological polar surface area (TPSA) is 211 Å². The number of nitrogens with zero attached hydrogens (tertiary/aromatic N) is 5. The Bertz CT molecular complexity index is 2430. The maximum absolute atomic E-state index is 14.0. The Kier molecular flexibility index (Phi) is 13.6. The van der Waals surface area contributed by atoms with E-state index in [0.29, 0.717) is 17.1 Å². The number of carbonyl (C=O) groups excluding carboxylic acids is 4. The van der Waals surface area contributed by atoms with Gasteiger partial charge in [-0.1, -0.05) is 90.0 Å². The van der Waals surface area contributed by atoms with Crippen molar-refractivity contribution < 1.29 is 38.3 Å². The molecule has 4 aromatic carbocycles. The molecule has 17 nitrogen and oxygen atoms in total. The van der Waals surface area contributed by atoms with E-state index in [1.807, 2.05) is 36.4 Å². The van der Waals surface area contributed by atoms with Crippen LogP contribution >= 0.6 is 0 Å². The number of esters is 1. The number of methoxy groups -OCH3 is 3. The monoisotopic (exact) mass is 814 g/mol. The molecule has 0 saturated heterocycles. The summed E-state index contributed by atoms with van der Waals surface area (Å²) in [5.74, 6) is -2.00. The van der Waals surface area contributed by atoms with E-state index in [0.717, 1.165) is 27.4 Å². The number of nitro groups is 1. The average molecular weight is 815 g/mol. The second kappa shape index (κ2) is 19.6. The van der Waals surface area contributed by atoms with Crippen LogP contribution in [0.5, 0.6) is 11.5 Å². The summed E-state index contributed by atoms with van der Waals surface area (Å²) in [5, 5.41) is 28.9. The zero-order valence-electron chi connectivity index (χ0n) is 32.9. The standard InChI is InChI=1S/C43H42N8O9/c1-58-32-18-14-30(15-19-32)26-49-38(46-42(54)36-25-39(51(56)57)50(48-36)27-31-16-20-33(59-2)21-17-31)24-35(47-49)41(53)44-34(22-28-10-6-4-7-11-28)40(52)45-37(43(55)60-3)23-29-12-8-5-9-13-29/h4-21,24-25,34,37H,22-23,26-27H2,1-3H3,(H,44,53)(H,45,52)(H,46,54)/t34-,37-/m0/s1. The molecule has 6 aromatic rings. The van der Waals surface area contributed by atoms with Crippen LogP contribution in [0.3, 0.4) is 0 Å². The van der Waals surface area contributed by atoms with Crippen molar-refractivity contribution in [3.05, 3.63) is 165 Å². The minimum Gasteiger partial charge on any atom is -0.497 e. The summed E-state index contributed by atoms with van der Waals surface area (Å²) < 4.78 is 17.9. The molecule has 2 heterocycles. The normalized spacial score (nSPS) is 11.8. The predicted octanol–water partition coefficient (Wildman–Crippen LogP) is 4.60. The fourth-order valence-corrected chi connectivity index (χ4v) is 6.27. The first kappa shape index (κ1) is 41.8. The summed E-state index contributed by atoms with van der Waals surface area (Å²) in [5.41, 5.74) is 2.51. The first-order valence-corrected chi connectivity index (χ1v) is 18.7. The van der Waals surface area contributed by atoms with E-state index in [-0.39, 0.29) is 43.1 Å². The average Bonchev–Trinajstić information content (AvgIpc) is 3.88. The zero-order chi connectivity index (χ0) is 42.6. The van der Waals surface area contributed by atoms with E-state index in [4.69, 9.17) is 14.2 Å². The second-order valence-corrected chi connectivity index (χ2v) is 13.5. The molecule has 0 aliphatic heterocycles. The molecule has 0 aliphatic rings. The smallest absolute Gasteiger partial charge is 0.346 e. The molecule has 6 rings (SSSR count). The highest BCUT2D eigenvalue weighted by Crippen LogP contribution is 2.21. The van der Waals surface area contributed by atoms with Gasteiger partial charge in [0.2, 0.25) is 5.91 Å². The minimum atomic E-state index is -1.18. The summed E-state index contributed by atoms with van der Waals surface area (Å²) in [6, 6.07) is 32.2. The maximum Gasteiger partial charge on any atom is 0.346 e. The number of anilines is 1. The van der Waals surface area contributed by atoms with Crippen LogP contribution in [0, 0.1) is 10.1 Å². The third-order valence-corrected chi connectivity index (χ3v) is 9.40. The highest BCUT2D eigenvalue weighted by Gasteiger charge is 2.30. The molecule has 60 heavy (non-hydrogen) atoms. The van der Waals surface area contributed by atoms with Crippen LogP contribution in [0.2, 0.25) is 0 Å². The van der Waals surface area contributed by atoms with Gasteiger partial charge in [0, 0.05) is 18.9 Å². The van der Waals surface area contributed by atoms with Gasteiger partial charge in [0.25, 0.3) is 11.8 Å². The summed E-state index contributed by atoms with van der Waals surface area (Å²) >= 11 is 0. The van der Waals surface area contributed by atoms with Crippen molar-refractivity contribution in [3.8, 4) is 11.5 Å². The third kappa shape index (κ3) is 10.8. The molecule has 3 amide bonds. The van der Waals surface area contributed by atoms with E-state index in [1.165, 1.54) is 32.1 Å². The van der Waals surface area contributed by atoms with Gasteiger partial charge in [0.1, 0.15) is 35.9 Å². The van der Waals surface area contributed by atoms with Crippen LogP contribution in [-0.2, 0) is 40.3 Å². The highest BCUT2D eigenvalue weighted by atomic mass is 16.6. The lowest BCUT2D eigenvalue weighted by Gasteiger charge is -2.22. The second-order valence-electron chi connectivity index (χ2n) is 13.5. The minimum absolute atomic E-state index is 0.00232. The van der Waals surface area contributed by atoms with Gasteiger partial charge in [-0.15, -0.1) is 4.68 Å². The number of amides is 3. The lowest BCUT2D eigenvalue weighted by Crippen LogP contribution is -2.53. The van der Waals surface area contributed by atoms with Gasteiger partial charge in [-0.25, -0.2) is 9.48 Å². The van der Waals surface area contributed by atoms with Crippen LogP contribution in [0.15, 0.2) is 121 Å². The third-order valence-electron chi connectivity index (χ3n) is 9.40. The molecule has 0 aliphatic carbocycles. The van der Waals surface area contributed by atoms with Crippen molar-refractivity contribution in [2.75, 3.05) is 26.6 Å². The molecule has 0 bridgehead atoms. The first-order valence-electron chi connectivity index (χ1n) is 18.7. The van der Waals surface area contributed by atoms with Crippen molar-refractivity contribution in [1.29, 1.82) is 0 Å². The van der Waals surface area contributed by atoms with Crippen molar-refractivity contribution in [1.82, 2.24) is 30.2 Å². The molecule has 3 N–H and O–H groups in total. The Morgan fingerprint density at radius 3 is 1.65 bits per heavy atom. The summed E-state index contributed by atoms with van der Waals surface area (Å²) in [7, 11) is 4.29. The number of hydrogen-bond acceptors (Lipinski definition) is 11. The maximum atomic E-state index is 14.0. The van der Waals surface area contributed by atoms with Crippen LogP contribution in [-0.4, -0.2) is 81.6 Å². The number of carbonyl (C=O) groups is 4. The number of ether oxygens (including phenoxy) is 3. The highest BCUT2D eigenvalue weighted by molar-refractivity contribution is 6.04. The van der Waals surface area contributed by atoms with Gasteiger partial charge in [0.05, 0.1) is 33.9 Å². The van der Waals surface area contributed by atoms with Gasteiger partial charge in [-0.2, -0.15) is 5.10 Å². The number of aromatic nitrogens is 4. The zero-order valence-corrected chi connectivity index (χ0v) is 32.9. The molecule has 0 unspecified atom stereocenters. The molecule has 0 radical (unpaired) electrons. The number of nitrogens with one attached hydrogen (secondary N) is 3. The lowest BCUT2D eigenvalue weighted by atomic mass is 10.0. The van der Waals surface area contributed by atoms with E-state index < -0.39 is 46.5 Å². The molecule has 17 heteroatoms. The number of benzene rings is 4. The van der Waals surface area contributed by atoms with Crippen molar-refractivity contribution in [3.63, 3.8) is 0 Å². The Balaban J connectivity index is 1.27. The largest absolute Gasteiger partial charge is 0.497 e. The molecular weight excluding hydrogens is 773 g/mol. The molecule has 0 saturated carbocycles. The van der Waals surface area contributed by atoms with Gasteiger partial charge in [-0.05, 0) is 51.4 Å². The summed E-state index contributed by atoms with van der Waals surface area (Å²) in [4.78, 5) is 65.9. The van der Waals surface area contributed by atoms with Gasteiger partial charge in [0.15, 0.2) is 11.4 Å². The van der Waals surface area contributed by atoms with Gasteiger partial charge >= 0.3 is 11.8 Å². The summed E-state index contributed by atoms with van der Waals surface area (Å²) in [6.45, 7) is 0.0742. The van der Waals surface area contributed by atoms with E-state index in [9.17, 15) is 29.3 Å². The fraction of sp³-hybridized carbons (Fsp3) is 0.209. The van der Waals surface area contributed by atoms with Crippen molar-refractivity contribution in [2.24, 2.45) is 0 Å². The summed E-state index contributed by atoms with van der Waals surface area (Å²) in [6.07, 6.45) is 0.207. The Labute approximate surface area is 344 Å². The SMILES string of the molecule is COC(=O)[C@H](Cc1ccccc1)NC(=O)[C@H](Cc1ccccc1)NC(=O)c1cc(NC(=O)c2cc([N+](=O)[O-])n(Cc3ccc(OC)cc3)n2)n(Cc2ccc(OC)cc2)n1. The molecule has 2 aromatic heterocycles. The number of rotatable bonds is 18. The predicted molar refractivity (Wildman–Crippen MR) is 219 cm³/mol. The van der Waals surface area contributed by atoms with Crippen LogP contribution in [0.1, 0.15) is 43.2 Å². The van der Waals surface area contributed by atoms with Gasteiger partial charge < -0.3 is 40.3 Å². The van der Waals surface area contributed by atoms with Crippen LogP contribution < -0.4 is 25.4 Å². The molecule has 2 atom stereocenters. The quantitative estimate of drug-likeness (QED) is 0.0620. The molecule has 308 valence electrons. The van der Waals surface area contributed by atoms with E-state index >= 15 is 0 Å². The molecule has 0 spiro atoms. The number of hydrogen-bond donors (Lipinski definition) is 3. The van der Waals surface area contributed by atoms with E-state index in [1.54, 1.807) is 72.8 Å². The first-order chi connectivity index (χ1) is 29.0. The lowest BCUT2D eigenvalue weighted by molar-refractivity contribution is -0.392. The Morgan fingerprint density at radius 1 is 0.633 bits per heavy atom. The van der Waals surface area contributed by atoms with Crippen LogP contribution in [0.4, 0.5) is 11.6 Å². The van der Waals surface area contributed by atoms with Crippen molar-refractivity contribution >= 4 is 35.3 Å². The Morgan fingerprint density at radius 2 is 1.13 bits per heavy atom.